The van der Waals surface area contributed by atoms with Gasteiger partial charge in [-0.25, -0.2) is 4.79 Å². The molecule has 1 aliphatic rings. The normalized spacial score (nSPS) is 13.8. The summed E-state index contributed by atoms with van der Waals surface area (Å²) >= 11 is 0. The molecule has 2 aromatic rings. The molecule has 1 saturated heterocycles. The molecular formula is C22H28N4O4. The predicted octanol–water partition coefficient (Wildman–Crippen LogP) is 3.01. The topological polar surface area (TPSA) is 118 Å². The summed E-state index contributed by atoms with van der Waals surface area (Å²) in [5.74, 6) is -1.44. The van der Waals surface area contributed by atoms with Crippen molar-refractivity contribution in [2.45, 2.75) is 39.5 Å². The van der Waals surface area contributed by atoms with E-state index in [9.17, 15) is 14.4 Å². The molecule has 1 aliphatic heterocycles. The third-order valence-electron chi connectivity index (χ3n) is 5.52. The molecule has 0 atom stereocenters. The van der Waals surface area contributed by atoms with Crippen molar-refractivity contribution in [3.8, 4) is 0 Å². The molecule has 0 radical (unpaired) electrons. The molecule has 1 aromatic carbocycles. The second-order valence-corrected chi connectivity index (χ2v) is 7.42. The number of aryl methyl sites for hydroxylation is 1. The van der Waals surface area contributed by atoms with Gasteiger partial charge < -0.3 is 25.7 Å². The molecule has 2 heterocycles. The zero-order valence-corrected chi connectivity index (χ0v) is 17.6. The van der Waals surface area contributed by atoms with Crippen molar-refractivity contribution < 1.29 is 19.1 Å². The Morgan fingerprint density at radius 2 is 1.90 bits per heavy atom. The van der Waals surface area contributed by atoms with Gasteiger partial charge in [0.15, 0.2) is 0 Å². The minimum Gasteiger partial charge on any atom is -0.465 e. The highest BCUT2D eigenvalue weighted by atomic mass is 16.5. The standard InChI is InChI=1S/C22H28N4O4/c1-4-15-18(22(29)30-3)13(2)19(24-15)21(28)25-16-12-14(20(23)27)8-9-17(16)26-10-6-5-7-11-26/h8-9,12,24H,4-7,10-11H2,1-3H3,(H2,23,27)(H,25,28). The minimum atomic E-state index is -0.562. The van der Waals surface area contributed by atoms with Crippen LogP contribution in [-0.4, -0.2) is 43.0 Å². The SMILES string of the molecule is CCc1[nH]c(C(=O)Nc2cc(C(N)=O)ccc2N2CCCCC2)c(C)c1C(=O)OC. The minimum absolute atomic E-state index is 0.293. The summed E-state index contributed by atoms with van der Waals surface area (Å²) in [4.78, 5) is 42.2. The lowest BCUT2D eigenvalue weighted by atomic mass is 10.1. The molecule has 0 bridgehead atoms. The zero-order valence-electron chi connectivity index (χ0n) is 17.6. The second kappa shape index (κ2) is 9.02. The van der Waals surface area contributed by atoms with Crippen LogP contribution in [-0.2, 0) is 11.2 Å². The first kappa shape index (κ1) is 21.4. The van der Waals surface area contributed by atoms with Crippen LogP contribution in [0.3, 0.4) is 0 Å². The fourth-order valence-corrected chi connectivity index (χ4v) is 3.91. The average molecular weight is 412 g/mol. The molecule has 8 heteroatoms. The quantitative estimate of drug-likeness (QED) is 0.631. The van der Waals surface area contributed by atoms with E-state index >= 15 is 0 Å². The van der Waals surface area contributed by atoms with E-state index in [2.05, 4.69) is 15.2 Å². The number of rotatable bonds is 6. The van der Waals surface area contributed by atoms with E-state index in [4.69, 9.17) is 10.5 Å². The van der Waals surface area contributed by atoms with Crippen molar-refractivity contribution in [3.63, 3.8) is 0 Å². The first-order valence-corrected chi connectivity index (χ1v) is 10.2. The van der Waals surface area contributed by atoms with Gasteiger partial charge in [-0.2, -0.15) is 0 Å². The molecule has 160 valence electrons. The zero-order chi connectivity index (χ0) is 21.8. The molecule has 30 heavy (non-hydrogen) atoms. The number of H-pyrrole nitrogens is 1. The van der Waals surface area contributed by atoms with Gasteiger partial charge in [0, 0.05) is 24.3 Å². The smallest absolute Gasteiger partial charge is 0.339 e. The molecule has 1 aromatic heterocycles. The number of carbonyl (C=O) groups is 3. The van der Waals surface area contributed by atoms with Crippen LogP contribution in [0.25, 0.3) is 0 Å². The Bertz CT molecular complexity index is 974. The van der Waals surface area contributed by atoms with Crippen molar-refractivity contribution in [1.29, 1.82) is 0 Å². The highest BCUT2D eigenvalue weighted by molar-refractivity contribution is 6.09. The third kappa shape index (κ3) is 4.17. The molecule has 0 aliphatic carbocycles. The maximum Gasteiger partial charge on any atom is 0.339 e. The number of hydrogen-bond donors (Lipinski definition) is 3. The molecule has 0 spiro atoms. The van der Waals surface area contributed by atoms with Crippen molar-refractivity contribution >= 4 is 29.2 Å². The van der Waals surface area contributed by atoms with E-state index in [-0.39, 0.29) is 0 Å². The summed E-state index contributed by atoms with van der Waals surface area (Å²) in [7, 11) is 1.31. The van der Waals surface area contributed by atoms with Gasteiger partial charge in [-0.1, -0.05) is 6.92 Å². The lowest BCUT2D eigenvalue weighted by molar-refractivity contribution is 0.0598. The van der Waals surface area contributed by atoms with Crippen molar-refractivity contribution in [1.82, 2.24) is 4.98 Å². The molecule has 8 nitrogen and oxygen atoms in total. The number of anilines is 2. The Morgan fingerprint density at radius 3 is 2.50 bits per heavy atom. The summed E-state index contributed by atoms with van der Waals surface area (Å²) < 4.78 is 4.86. The summed E-state index contributed by atoms with van der Waals surface area (Å²) in [6, 6.07) is 5.09. The van der Waals surface area contributed by atoms with E-state index in [0.29, 0.717) is 40.2 Å². The number of amides is 2. The Morgan fingerprint density at radius 1 is 1.20 bits per heavy atom. The predicted molar refractivity (Wildman–Crippen MR) is 115 cm³/mol. The molecule has 1 fully saturated rings. The number of nitrogens with zero attached hydrogens (tertiary/aromatic N) is 1. The third-order valence-corrected chi connectivity index (χ3v) is 5.52. The van der Waals surface area contributed by atoms with Crippen molar-refractivity contribution in [2.24, 2.45) is 5.73 Å². The second-order valence-electron chi connectivity index (χ2n) is 7.42. The first-order valence-electron chi connectivity index (χ1n) is 10.2. The van der Waals surface area contributed by atoms with E-state index < -0.39 is 17.8 Å². The largest absolute Gasteiger partial charge is 0.465 e. The molecule has 0 saturated carbocycles. The van der Waals surface area contributed by atoms with Crippen LogP contribution in [0.2, 0.25) is 0 Å². The molecular weight excluding hydrogens is 384 g/mol. The van der Waals surface area contributed by atoms with Gasteiger partial charge in [-0.15, -0.1) is 0 Å². The van der Waals surface area contributed by atoms with Crippen LogP contribution in [0, 0.1) is 6.92 Å². The van der Waals surface area contributed by atoms with Crippen molar-refractivity contribution in [2.75, 3.05) is 30.4 Å². The van der Waals surface area contributed by atoms with Crippen LogP contribution in [0.4, 0.5) is 11.4 Å². The number of methoxy groups -OCH3 is 1. The molecule has 2 amide bonds. The summed E-state index contributed by atoms with van der Waals surface area (Å²) in [5.41, 5.74) is 8.98. The Hall–Kier alpha value is -3.29. The van der Waals surface area contributed by atoms with Gasteiger partial charge in [0.1, 0.15) is 5.69 Å². The number of aromatic amines is 1. The fraction of sp³-hybridized carbons (Fsp3) is 0.409. The number of piperidine rings is 1. The number of nitrogens with one attached hydrogen (secondary N) is 2. The van der Waals surface area contributed by atoms with Gasteiger partial charge >= 0.3 is 5.97 Å². The fourth-order valence-electron chi connectivity index (χ4n) is 3.91. The Kier molecular flexibility index (Phi) is 6.44. The molecule has 3 rings (SSSR count). The number of carbonyl (C=O) groups excluding carboxylic acids is 3. The highest BCUT2D eigenvalue weighted by Gasteiger charge is 2.25. The average Bonchev–Trinajstić information content (AvgIpc) is 3.10. The van der Waals surface area contributed by atoms with Crippen LogP contribution < -0.4 is 16.0 Å². The number of hydrogen-bond acceptors (Lipinski definition) is 5. The van der Waals surface area contributed by atoms with Crippen LogP contribution in [0.15, 0.2) is 18.2 Å². The van der Waals surface area contributed by atoms with Crippen LogP contribution in [0.1, 0.15) is 68.6 Å². The van der Waals surface area contributed by atoms with Crippen LogP contribution >= 0.6 is 0 Å². The number of esters is 1. The van der Waals surface area contributed by atoms with E-state index in [0.717, 1.165) is 31.6 Å². The van der Waals surface area contributed by atoms with Crippen molar-refractivity contribution in [3.05, 3.63) is 46.3 Å². The Balaban J connectivity index is 1.98. The van der Waals surface area contributed by atoms with Gasteiger partial charge in [-0.3, -0.25) is 9.59 Å². The number of benzene rings is 1. The number of nitrogens with two attached hydrogens (primary N) is 1. The lowest BCUT2D eigenvalue weighted by Gasteiger charge is -2.30. The highest BCUT2D eigenvalue weighted by Crippen LogP contribution is 2.31. The summed E-state index contributed by atoms with van der Waals surface area (Å²) in [5, 5.41) is 2.91. The summed E-state index contributed by atoms with van der Waals surface area (Å²) in [6.07, 6.45) is 3.87. The maximum atomic E-state index is 13.1. The Labute approximate surface area is 175 Å². The van der Waals surface area contributed by atoms with Gasteiger partial charge in [0.05, 0.1) is 24.0 Å². The number of primary amides is 1. The van der Waals surface area contributed by atoms with Crippen LogP contribution in [0.5, 0.6) is 0 Å². The van der Waals surface area contributed by atoms with Gasteiger partial charge in [-0.05, 0) is 56.4 Å². The van der Waals surface area contributed by atoms with E-state index in [1.165, 1.54) is 13.5 Å². The lowest BCUT2D eigenvalue weighted by Crippen LogP contribution is -2.30. The van der Waals surface area contributed by atoms with Gasteiger partial charge in [0.25, 0.3) is 5.91 Å². The molecule has 4 N–H and O–H groups in total. The first-order chi connectivity index (χ1) is 14.4. The van der Waals surface area contributed by atoms with Gasteiger partial charge in [0.2, 0.25) is 5.91 Å². The number of aromatic nitrogens is 1. The molecule has 0 unspecified atom stereocenters. The maximum absolute atomic E-state index is 13.1. The number of ether oxygens (including phenoxy) is 1. The van der Waals surface area contributed by atoms with E-state index in [1.807, 2.05) is 13.0 Å². The van der Waals surface area contributed by atoms with E-state index in [1.54, 1.807) is 19.1 Å². The monoisotopic (exact) mass is 412 g/mol. The summed E-state index contributed by atoms with van der Waals surface area (Å²) in [6.45, 7) is 5.37.